The summed E-state index contributed by atoms with van der Waals surface area (Å²) in [4.78, 5) is 24.8. The maximum Gasteiger partial charge on any atom is 0.416 e. The monoisotopic (exact) mass is 476 g/mol. The molecule has 4 rings (SSSR count). The zero-order valence-corrected chi connectivity index (χ0v) is 18.8. The van der Waals surface area contributed by atoms with E-state index in [1.165, 1.54) is 17.4 Å². The van der Waals surface area contributed by atoms with Crippen LogP contribution in [0.15, 0.2) is 53.4 Å². The molecule has 3 heterocycles. The van der Waals surface area contributed by atoms with Crippen molar-refractivity contribution in [2.75, 3.05) is 25.0 Å². The van der Waals surface area contributed by atoms with Gasteiger partial charge in [0.15, 0.2) is 0 Å². The average Bonchev–Trinajstić information content (AvgIpc) is 3.35. The summed E-state index contributed by atoms with van der Waals surface area (Å²) in [5.41, 5.74) is 2.63. The summed E-state index contributed by atoms with van der Waals surface area (Å²) in [6.07, 6.45) is -3.32. The lowest BCUT2D eigenvalue weighted by atomic mass is 10.0. The summed E-state index contributed by atoms with van der Waals surface area (Å²) in [6.45, 7) is 1.50. The SMILES string of the molecule is CN(C(=O)OCc1cscn1)C1CCN(c2cccc(-c3cccc(C(F)(F)F)c3)n2)CC1. The second-order valence-electron chi connectivity index (χ2n) is 7.82. The van der Waals surface area contributed by atoms with Crippen molar-refractivity contribution in [3.63, 3.8) is 0 Å². The molecule has 1 amide bonds. The highest BCUT2D eigenvalue weighted by atomic mass is 32.1. The highest BCUT2D eigenvalue weighted by Gasteiger charge is 2.31. The van der Waals surface area contributed by atoms with Crippen LogP contribution in [0.1, 0.15) is 24.1 Å². The minimum absolute atomic E-state index is 0.0378. The number of amides is 1. The van der Waals surface area contributed by atoms with Crippen LogP contribution in [0.3, 0.4) is 0 Å². The van der Waals surface area contributed by atoms with Crippen LogP contribution in [0.25, 0.3) is 11.3 Å². The number of anilines is 1. The molecule has 10 heteroatoms. The minimum atomic E-state index is -4.40. The van der Waals surface area contributed by atoms with Crippen molar-refractivity contribution in [2.24, 2.45) is 0 Å². The first kappa shape index (κ1) is 23.0. The smallest absolute Gasteiger partial charge is 0.416 e. The summed E-state index contributed by atoms with van der Waals surface area (Å²) in [6, 6.07) is 10.6. The van der Waals surface area contributed by atoms with Gasteiger partial charge in [0.1, 0.15) is 12.4 Å². The average molecular weight is 477 g/mol. The number of aromatic nitrogens is 2. The molecule has 2 aromatic heterocycles. The molecule has 1 saturated heterocycles. The van der Waals surface area contributed by atoms with Crippen LogP contribution in [0.2, 0.25) is 0 Å². The molecule has 0 atom stereocenters. The number of pyridine rings is 1. The summed E-state index contributed by atoms with van der Waals surface area (Å²) in [5.74, 6) is 0.706. The van der Waals surface area contributed by atoms with Gasteiger partial charge in [0.25, 0.3) is 0 Å². The number of rotatable bonds is 5. The normalized spacial score (nSPS) is 14.8. The number of nitrogens with zero attached hydrogens (tertiary/aromatic N) is 4. The standard InChI is InChI=1S/C23H23F3N4O2S/c1-29(22(31)32-13-18-14-33-15-27-18)19-8-10-30(11-9-19)21-7-3-6-20(28-21)16-4-2-5-17(12-16)23(24,25)26/h2-7,12,14-15,19H,8-11,13H2,1H3. The maximum atomic E-state index is 13.1. The van der Waals surface area contributed by atoms with Crippen LogP contribution in [0, 0.1) is 0 Å². The minimum Gasteiger partial charge on any atom is -0.443 e. The van der Waals surface area contributed by atoms with Gasteiger partial charge in [-0.05, 0) is 37.1 Å². The van der Waals surface area contributed by atoms with Gasteiger partial charge in [-0.1, -0.05) is 18.2 Å². The molecule has 1 aliphatic rings. The molecule has 33 heavy (non-hydrogen) atoms. The van der Waals surface area contributed by atoms with Crippen LogP contribution >= 0.6 is 11.3 Å². The summed E-state index contributed by atoms with van der Waals surface area (Å²) >= 11 is 1.45. The van der Waals surface area contributed by atoms with Crippen LogP contribution in [0.5, 0.6) is 0 Å². The summed E-state index contributed by atoms with van der Waals surface area (Å²) in [7, 11) is 1.73. The molecule has 6 nitrogen and oxygen atoms in total. The number of benzene rings is 1. The van der Waals surface area contributed by atoms with Crippen LogP contribution in [0.4, 0.5) is 23.8 Å². The molecule has 0 spiro atoms. The highest BCUT2D eigenvalue weighted by Crippen LogP contribution is 2.32. The van der Waals surface area contributed by atoms with Gasteiger partial charge in [0.2, 0.25) is 0 Å². The third-order valence-electron chi connectivity index (χ3n) is 5.67. The largest absolute Gasteiger partial charge is 0.443 e. The van der Waals surface area contributed by atoms with E-state index in [2.05, 4.69) is 14.9 Å². The number of carbonyl (C=O) groups excluding carboxylic acids is 1. The van der Waals surface area contributed by atoms with Crippen LogP contribution in [-0.2, 0) is 17.5 Å². The first-order valence-corrected chi connectivity index (χ1v) is 11.4. The molecular formula is C23H23F3N4O2S. The Hall–Kier alpha value is -3.14. The first-order chi connectivity index (χ1) is 15.8. The van der Waals surface area contributed by atoms with Gasteiger partial charge in [-0.3, -0.25) is 0 Å². The van der Waals surface area contributed by atoms with Gasteiger partial charge in [0.05, 0.1) is 22.5 Å². The van der Waals surface area contributed by atoms with Crippen LogP contribution < -0.4 is 4.90 Å². The van der Waals surface area contributed by atoms with Crippen molar-refractivity contribution in [3.05, 3.63) is 64.6 Å². The molecule has 1 aromatic carbocycles. The van der Waals surface area contributed by atoms with Gasteiger partial charge < -0.3 is 14.5 Å². The molecule has 0 aliphatic carbocycles. The maximum absolute atomic E-state index is 13.1. The highest BCUT2D eigenvalue weighted by molar-refractivity contribution is 7.07. The van der Waals surface area contributed by atoms with Crippen LogP contribution in [-0.4, -0.2) is 47.1 Å². The van der Waals surface area contributed by atoms with Crippen molar-refractivity contribution in [3.8, 4) is 11.3 Å². The van der Waals surface area contributed by atoms with Crippen molar-refractivity contribution in [2.45, 2.75) is 31.7 Å². The van der Waals surface area contributed by atoms with Gasteiger partial charge in [-0.2, -0.15) is 13.2 Å². The number of halogens is 3. The van der Waals surface area contributed by atoms with E-state index in [-0.39, 0.29) is 18.7 Å². The molecule has 0 saturated carbocycles. The Morgan fingerprint density at radius 3 is 2.67 bits per heavy atom. The third-order valence-corrected chi connectivity index (χ3v) is 6.31. The molecule has 3 aromatic rings. The molecule has 0 unspecified atom stereocenters. The molecule has 174 valence electrons. The van der Waals surface area contributed by atoms with E-state index in [1.54, 1.807) is 35.7 Å². The van der Waals surface area contributed by atoms with E-state index < -0.39 is 11.7 Å². The Morgan fingerprint density at radius 1 is 1.21 bits per heavy atom. The van der Waals surface area contributed by atoms with Crippen molar-refractivity contribution in [1.29, 1.82) is 0 Å². The fourth-order valence-electron chi connectivity index (χ4n) is 3.79. The van der Waals surface area contributed by atoms with E-state index >= 15 is 0 Å². The lowest BCUT2D eigenvalue weighted by molar-refractivity contribution is -0.137. The number of hydrogen-bond donors (Lipinski definition) is 0. The number of hydrogen-bond acceptors (Lipinski definition) is 6. The van der Waals surface area contributed by atoms with E-state index in [4.69, 9.17) is 4.74 Å². The zero-order valence-electron chi connectivity index (χ0n) is 18.0. The second-order valence-corrected chi connectivity index (χ2v) is 8.54. The Bertz CT molecular complexity index is 1080. The van der Waals surface area contributed by atoms with E-state index in [0.29, 0.717) is 30.2 Å². The molecule has 0 radical (unpaired) electrons. The Morgan fingerprint density at radius 2 is 1.97 bits per heavy atom. The van der Waals surface area contributed by atoms with Gasteiger partial charge in [0, 0.05) is 37.1 Å². The molecule has 1 aliphatic heterocycles. The summed E-state index contributed by atoms with van der Waals surface area (Å²) in [5, 5.41) is 1.84. The van der Waals surface area contributed by atoms with E-state index in [1.807, 2.05) is 11.4 Å². The molecular weight excluding hydrogens is 453 g/mol. The lowest BCUT2D eigenvalue weighted by Gasteiger charge is -2.36. The second kappa shape index (κ2) is 9.78. The first-order valence-electron chi connectivity index (χ1n) is 10.5. The number of thiazole rings is 1. The van der Waals surface area contributed by atoms with E-state index in [9.17, 15) is 18.0 Å². The number of carbonyl (C=O) groups is 1. The number of ether oxygens (including phenoxy) is 1. The fraction of sp³-hybridized carbons (Fsp3) is 0.348. The van der Waals surface area contributed by atoms with Gasteiger partial charge >= 0.3 is 12.3 Å². The lowest BCUT2D eigenvalue weighted by Crippen LogP contribution is -2.46. The van der Waals surface area contributed by atoms with E-state index in [0.717, 1.165) is 30.7 Å². The Balaban J connectivity index is 1.37. The van der Waals surface area contributed by atoms with Crippen molar-refractivity contribution < 1.29 is 22.7 Å². The quantitative estimate of drug-likeness (QED) is 0.489. The zero-order chi connectivity index (χ0) is 23.4. The predicted octanol–water partition coefficient (Wildman–Crippen LogP) is 5.46. The third kappa shape index (κ3) is 5.62. The Kier molecular flexibility index (Phi) is 6.83. The molecule has 1 fully saturated rings. The predicted molar refractivity (Wildman–Crippen MR) is 120 cm³/mol. The molecule has 0 bridgehead atoms. The topological polar surface area (TPSA) is 58.6 Å². The number of alkyl halides is 3. The van der Waals surface area contributed by atoms with Crippen molar-refractivity contribution in [1.82, 2.24) is 14.9 Å². The fourth-order valence-corrected chi connectivity index (χ4v) is 4.34. The molecule has 0 N–H and O–H groups in total. The van der Waals surface area contributed by atoms with Gasteiger partial charge in [-0.25, -0.2) is 14.8 Å². The summed E-state index contributed by atoms with van der Waals surface area (Å²) < 4.78 is 44.5. The van der Waals surface area contributed by atoms with Crippen molar-refractivity contribution >= 4 is 23.2 Å². The van der Waals surface area contributed by atoms with Gasteiger partial charge in [-0.15, -0.1) is 11.3 Å². The number of piperidine rings is 1. The Labute approximate surface area is 193 Å².